The van der Waals surface area contributed by atoms with Gasteiger partial charge in [0.15, 0.2) is 5.76 Å². The largest absolute Gasteiger partial charge is 0.466 e. The van der Waals surface area contributed by atoms with Gasteiger partial charge in [-0.3, -0.25) is 4.79 Å². The molecule has 1 unspecified atom stereocenters. The molecule has 3 aromatic carbocycles. The van der Waals surface area contributed by atoms with Crippen molar-refractivity contribution in [2.75, 3.05) is 6.54 Å². The van der Waals surface area contributed by atoms with Gasteiger partial charge >= 0.3 is 0 Å². The summed E-state index contributed by atoms with van der Waals surface area (Å²) in [6.45, 7) is 2.53. The van der Waals surface area contributed by atoms with Crippen LogP contribution in [-0.2, 0) is 16.0 Å². The molecule has 0 radical (unpaired) electrons. The predicted molar refractivity (Wildman–Crippen MR) is 140 cm³/mol. The molecule has 6 rings (SSSR count). The standard InChI is InChI=1S/C29H21BrFN3O3/c1-17-16-34(13-12-18-2-3-21-15-25(35)32-24(21)14-18)29(36-17)27-26(19-6-10-23(31)11-7-19)33-28(37-27)20-4-8-22(30)9-5-20/h2-11,14-16,29H,12-13H2,1H3. The van der Waals surface area contributed by atoms with Gasteiger partial charge < -0.3 is 14.1 Å². The van der Waals surface area contributed by atoms with Crippen LogP contribution in [0.1, 0.15) is 24.5 Å². The molecular formula is C29H21BrFN3O3. The van der Waals surface area contributed by atoms with Crippen molar-refractivity contribution in [3.05, 3.63) is 111 Å². The number of fused-ring (bicyclic) bond motifs is 1. The van der Waals surface area contributed by atoms with E-state index in [-0.39, 0.29) is 11.7 Å². The molecule has 2 aliphatic heterocycles. The molecule has 0 aliphatic carbocycles. The summed E-state index contributed by atoms with van der Waals surface area (Å²) in [6.07, 6.45) is 3.67. The lowest BCUT2D eigenvalue weighted by atomic mass is 10.1. The van der Waals surface area contributed by atoms with Crippen LogP contribution in [0.15, 0.2) is 92.6 Å². The average Bonchev–Trinajstić information content (AvgIpc) is 3.59. The predicted octanol–water partition coefficient (Wildman–Crippen LogP) is 5.29. The smallest absolute Gasteiger partial charge is 0.270 e. The van der Waals surface area contributed by atoms with E-state index in [1.165, 1.54) is 12.1 Å². The van der Waals surface area contributed by atoms with Crippen molar-refractivity contribution in [1.29, 1.82) is 0 Å². The van der Waals surface area contributed by atoms with E-state index in [0.717, 1.165) is 32.1 Å². The minimum absolute atomic E-state index is 0.223. The van der Waals surface area contributed by atoms with Crippen LogP contribution in [0.3, 0.4) is 0 Å². The number of allylic oxidation sites excluding steroid dienone is 1. The maximum absolute atomic E-state index is 13.7. The fourth-order valence-electron chi connectivity index (χ4n) is 4.50. The van der Waals surface area contributed by atoms with Crippen LogP contribution in [-0.4, -0.2) is 22.3 Å². The number of amides is 1. The summed E-state index contributed by atoms with van der Waals surface area (Å²) in [6, 6.07) is 19.8. The number of halogens is 2. The molecule has 0 N–H and O–H groups in total. The fraction of sp³-hybridized carbons (Fsp3) is 0.138. The van der Waals surface area contributed by atoms with Gasteiger partial charge in [0.1, 0.15) is 17.3 Å². The molecule has 0 saturated carbocycles. The van der Waals surface area contributed by atoms with Crippen LogP contribution < -0.4 is 10.6 Å². The summed E-state index contributed by atoms with van der Waals surface area (Å²) >= 11 is 3.46. The molecule has 0 fully saturated rings. The number of carbonyl (C=O) groups is 1. The number of hydrogen-bond donors (Lipinski definition) is 0. The molecule has 8 heteroatoms. The number of hydrogen-bond acceptors (Lipinski definition) is 5. The SMILES string of the molecule is CC1=CN(CCc2ccc3c(c2)=NC(=O)C=3)C(c2oc(-c3ccc(Br)cc3)nc2-c2ccc(F)cc2)O1. The highest BCUT2D eigenvalue weighted by atomic mass is 79.9. The Morgan fingerprint density at radius 3 is 2.57 bits per heavy atom. The lowest BCUT2D eigenvalue weighted by molar-refractivity contribution is -0.112. The van der Waals surface area contributed by atoms with Gasteiger partial charge in [-0.25, -0.2) is 14.4 Å². The molecule has 1 atom stereocenters. The van der Waals surface area contributed by atoms with Crippen LogP contribution in [0.5, 0.6) is 0 Å². The first kappa shape index (κ1) is 23.4. The van der Waals surface area contributed by atoms with Crippen molar-refractivity contribution >= 4 is 27.9 Å². The van der Waals surface area contributed by atoms with E-state index in [0.29, 0.717) is 35.7 Å². The first-order valence-corrected chi connectivity index (χ1v) is 12.6. The zero-order valence-corrected chi connectivity index (χ0v) is 21.4. The van der Waals surface area contributed by atoms with Crippen LogP contribution in [0, 0.1) is 5.82 Å². The molecule has 3 heterocycles. The molecule has 1 amide bonds. The monoisotopic (exact) mass is 557 g/mol. The highest BCUT2D eigenvalue weighted by molar-refractivity contribution is 9.10. The molecule has 0 saturated heterocycles. The third-order valence-electron chi connectivity index (χ3n) is 6.30. The topological polar surface area (TPSA) is 67.9 Å². The molecule has 37 heavy (non-hydrogen) atoms. The normalized spacial score (nSPS) is 16.2. The van der Waals surface area contributed by atoms with Crippen molar-refractivity contribution in [3.8, 4) is 22.7 Å². The number of ether oxygens (including phenoxy) is 1. The highest BCUT2D eigenvalue weighted by Gasteiger charge is 2.33. The molecule has 184 valence electrons. The average molecular weight is 558 g/mol. The number of benzene rings is 3. The lowest BCUT2D eigenvalue weighted by Crippen LogP contribution is -2.25. The summed E-state index contributed by atoms with van der Waals surface area (Å²) in [5, 5.41) is 1.55. The third kappa shape index (κ3) is 4.72. The Kier molecular flexibility index (Phi) is 5.96. The van der Waals surface area contributed by atoms with Crippen LogP contribution in [0.25, 0.3) is 28.8 Å². The van der Waals surface area contributed by atoms with Crippen molar-refractivity contribution in [2.45, 2.75) is 19.6 Å². The van der Waals surface area contributed by atoms with Gasteiger partial charge in [-0.1, -0.05) is 28.1 Å². The van der Waals surface area contributed by atoms with Crippen LogP contribution in [0.4, 0.5) is 4.39 Å². The third-order valence-corrected chi connectivity index (χ3v) is 6.82. The zero-order valence-electron chi connectivity index (χ0n) is 19.8. The Balaban J connectivity index is 1.34. The molecule has 0 spiro atoms. The summed E-state index contributed by atoms with van der Waals surface area (Å²) in [7, 11) is 0. The molecule has 2 aliphatic rings. The summed E-state index contributed by atoms with van der Waals surface area (Å²) in [5.74, 6) is 1.20. The lowest BCUT2D eigenvalue weighted by Gasteiger charge is -2.23. The molecule has 1 aromatic heterocycles. The van der Waals surface area contributed by atoms with E-state index in [1.807, 2.05) is 55.6 Å². The van der Waals surface area contributed by atoms with Gasteiger partial charge in [-0.15, -0.1) is 0 Å². The van der Waals surface area contributed by atoms with Gasteiger partial charge in [0.2, 0.25) is 12.1 Å². The van der Waals surface area contributed by atoms with E-state index >= 15 is 0 Å². The Hall–Kier alpha value is -4.04. The second kappa shape index (κ2) is 9.44. The van der Waals surface area contributed by atoms with E-state index in [4.69, 9.17) is 14.1 Å². The molecule has 6 nitrogen and oxygen atoms in total. The van der Waals surface area contributed by atoms with Gasteiger partial charge in [0.25, 0.3) is 5.91 Å². The summed E-state index contributed by atoms with van der Waals surface area (Å²) < 4.78 is 27.2. The number of rotatable bonds is 6. The quantitative estimate of drug-likeness (QED) is 0.322. The number of oxazole rings is 1. The number of carbonyl (C=O) groups excluding carboxylic acids is 1. The first-order valence-electron chi connectivity index (χ1n) is 11.8. The van der Waals surface area contributed by atoms with Crippen LogP contribution >= 0.6 is 15.9 Å². The number of aromatic nitrogens is 1. The van der Waals surface area contributed by atoms with Crippen molar-refractivity contribution in [1.82, 2.24) is 9.88 Å². The summed E-state index contributed by atoms with van der Waals surface area (Å²) in [4.78, 5) is 22.5. The molecule has 0 bridgehead atoms. The zero-order chi connectivity index (χ0) is 25.5. The summed E-state index contributed by atoms with van der Waals surface area (Å²) in [5.41, 5.74) is 3.22. The Labute approximate surface area is 220 Å². The van der Waals surface area contributed by atoms with Crippen LogP contribution in [0.2, 0.25) is 0 Å². The number of nitrogens with zero attached hydrogens (tertiary/aromatic N) is 3. The maximum atomic E-state index is 13.7. The minimum Gasteiger partial charge on any atom is -0.466 e. The van der Waals surface area contributed by atoms with Gasteiger partial charge in [-0.2, -0.15) is 0 Å². The Morgan fingerprint density at radius 2 is 1.78 bits per heavy atom. The van der Waals surface area contributed by atoms with Crippen molar-refractivity contribution in [3.63, 3.8) is 0 Å². The molecular weight excluding hydrogens is 537 g/mol. The fourth-order valence-corrected chi connectivity index (χ4v) is 4.76. The Bertz CT molecular complexity index is 1660. The van der Waals surface area contributed by atoms with Gasteiger partial charge in [0, 0.05) is 39.6 Å². The Morgan fingerprint density at radius 1 is 1.03 bits per heavy atom. The van der Waals surface area contributed by atoms with E-state index < -0.39 is 6.23 Å². The van der Waals surface area contributed by atoms with Gasteiger partial charge in [0.05, 0.1) is 5.36 Å². The molecule has 4 aromatic rings. The van der Waals surface area contributed by atoms with E-state index in [9.17, 15) is 9.18 Å². The van der Waals surface area contributed by atoms with Crippen molar-refractivity contribution < 1.29 is 18.3 Å². The van der Waals surface area contributed by atoms with E-state index in [1.54, 1.807) is 18.2 Å². The van der Waals surface area contributed by atoms with Gasteiger partial charge in [-0.05, 0) is 73.5 Å². The second-order valence-corrected chi connectivity index (χ2v) is 9.85. The highest BCUT2D eigenvalue weighted by Crippen LogP contribution is 2.39. The second-order valence-electron chi connectivity index (χ2n) is 8.93. The van der Waals surface area contributed by atoms with Crippen molar-refractivity contribution in [2.24, 2.45) is 4.99 Å². The minimum atomic E-state index is -0.536. The first-order chi connectivity index (χ1) is 17.9. The van der Waals surface area contributed by atoms with E-state index in [2.05, 4.69) is 25.8 Å². The maximum Gasteiger partial charge on any atom is 0.270 e.